The number of carbonyl (C=O) groups is 2. The molecule has 8 nitrogen and oxygen atoms in total. The highest BCUT2D eigenvalue weighted by Gasteiger charge is 2.28. The standard InChI is InChI=1S/C18H27N3O5S/c1-13-5-6-14(17(23)19-12-16(22)20-18(2,3)4)11-15(13)27(24,25)21-7-9-26-10-8-21/h5-6,11H,7-10,12H2,1-4H3,(H,19,23)(H,20,22). The van der Waals surface area contributed by atoms with Gasteiger partial charge in [-0.3, -0.25) is 9.59 Å². The Balaban J connectivity index is 2.14. The van der Waals surface area contributed by atoms with Crippen molar-refractivity contribution in [2.45, 2.75) is 38.1 Å². The van der Waals surface area contributed by atoms with Crippen molar-refractivity contribution >= 4 is 21.8 Å². The molecule has 1 aliphatic heterocycles. The van der Waals surface area contributed by atoms with Gasteiger partial charge in [-0.15, -0.1) is 0 Å². The largest absolute Gasteiger partial charge is 0.379 e. The fourth-order valence-electron chi connectivity index (χ4n) is 2.67. The third kappa shape index (κ3) is 5.75. The number of morpholine rings is 1. The fraction of sp³-hybridized carbons (Fsp3) is 0.556. The minimum atomic E-state index is -3.71. The van der Waals surface area contributed by atoms with Crippen molar-refractivity contribution in [1.82, 2.24) is 14.9 Å². The van der Waals surface area contributed by atoms with E-state index in [4.69, 9.17) is 4.74 Å². The first-order valence-electron chi connectivity index (χ1n) is 8.78. The van der Waals surface area contributed by atoms with Crippen LogP contribution in [0.25, 0.3) is 0 Å². The molecule has 1 aromatic carbocycles. The number of ether oxygens (including phenoxy) is 1. The maximum Gasteiger partial charge on any atom is 0.251 e. The first-order chi connectivity index (χ1) is 12.5. The summed E-state index contributed by atoms with van der Waals surface area (Å²) in [4.78, 5) is 24.3. The van der Waals surface area contributed by atoms with E-state index in [-0.39, 0.29) is 36.0 Å². The van der Waals surface area contributed by atoms with Crippen LogP contribution in [0.5, 0.6) is 0 Å². The van der Waals surface area contributed by atoms with Crippen LogP contribution in [0, 0.1) is 6.92 Å². The van der Waals surface area contributed by atoms with Crippen LogP contribution in [0.1, 0.15) is 36.7 Å². The monoisotopic (exact) mass is 397 g/mol. The van der Waals surface area contributed by atoms with Gasteiger partial charge in [0.05, 0.1) is 24.7 Å². The van der Waals surface area contributed by atoms with E-state index < -0.39 is 21.5 Å². The maximum absolute atomic E-state index is 12.9. The van der Waals surface area contributed by atoms with Crippen LogP contribution < -0.4 is 10.6 Å². The second-order valence-corrected chi connectivity index (χ2v) is 9.38. The van der Waals surface area contributed by atoms with Gasteiger partial charge in [0.25, 0.3) is 5.91 Å². The van der Waals surface area contributed by atoms with Gasteiger partial charge in [-0.1, -0.05) is 6.07 Å². The number of nitrogens with one attached hydrogen (secondary N) is 2. The average Bonchev–Trinajstić information content (AvgIpc) is 2.59. The molecule has 2 rings (SSSR count). The summed E-state index contributed by atoms with van der Waals surface area (Å²) in [7, 11) is -3.71. The summed E-state index contributed by atoms with van der Waals surface area (Å²) in [5.41, 5.74) is 0.352. The molecule has 2 amide bonds. The summed E-state index contributed by atoms with van der Waals surface area (Å²) in [5.74, 6) is -0.818. The fourth-order valence-corrected chi connectivity index (χ4v) is 4.33. The Bertz CT molecular complexity index is 809. The zero-order chi connectivity index (χ0) is 20.2. The SMILES string of the molecule is Cc1ccc(C(=O)NCC(=O)NC(C)(C)C)cc1S(=O)(=O)N1CCOCC1. The molecule has 1 heterocycles. The number of nitrogens with zero attached hydrogens (tertiary/aromatic N) is 1. The Hall–Kier alpha value is -1.97. The van der Waals surface area contributed by atoms with Gasteiger partial charge in [-0.25, -0.2) is 8.42 Å². The van der Waals surface area contributed by atoms with E-state index in [1.807, 2.05) is 20.8 Å². The number of amides is 2. The summed E-state index contributed by atoms with van der Waals surface area (Å²) in [6, 6.07) is 4.50. The molecule has 0 unspecified atom stereocenters. The summed E-state index contributed by atoms with van der Waals surface area (Å²) in [6.07, 6.45) is 0. The number of hydrogen-bond donors (Lipinski definition) is 2. The molecule has 1 saturated heterocycles. The second kappa shape index (κ2) is 8.37. The predicted octanol–water partition coefficient (Wildman–Crippen LogP) is 0.660. The summed E-state index contributed by atoms with van der Waals surface area (Å²) in [5, 5.41) is 5.27. The Morgan fingerprint density at radius 1 is 1.19 bits per heavy atom. The molecule has 0 atom stereocenters. The molecule has 2 N–H and O–H groups in total. The molecule has 150 valence electrons. The predicted molar refractivity (Wildman–Crippen MR) is 101 cm³/mol. The molecular weight excluding hydrogens is 370 g/mol. The van der Waals surface area contributed by atoms with E-state index in [1.54, 1.807) is 19.1 Å². The molecule has 9 heteroatoms. The number of aryl methyl sites for hydroxylation is 1. The van der Waals surface area contributed by atoms with Gasteiger partial charge in [0.2, 0.25) is 15.9 Å². The number of hydrogen-bond acceptors (Lipinski definition) is 5. The Morgan fingerprint density at radius 2 is 1.81 bits per heavy atom. The lowest BCUT2D eigenvalue weighted by Crippen LogP contribution is -2.45. The molecule has 0 aliphatic carbocycles. The van der Waals surface area contributed by atoms with Gasteiger partial charge in [-0.05, 0) is 45.4 Å². The van der Waals surface area contributed by atoms with Crippen LogP contribution in [0.15, 0.2) is 23.1 Å². The number of benzene rings is 1. The summed E-state index contributed by atoms with van der Waals surface area (Å²) >= 11 is 0. The zero-order valence-electron chi connectivity index (χ0n) is 16.2. The van der Waals surface area contributed by atoms with Gasteiger partial charge >= 0.3 is 0 Å². The molecule has 0 bridgehead atoms. The number of carbonyl (C=O) groups excluding carboxylic acids is 2. The molecule has 0 aromatic heterocycles. The summed E-state index contributed by atoms with van der Waals surface area (Å²) in [6.45, 7) is 8.29. The highest BCUT2D eigenvalue weighted by molar-refractivity contribution is 7.89. The molecule has 1 aromatic rings. The van der Waals surface area contributed by atoms with Gasteiger partial charge in [0.15, 0.2) is 0 Å². The average molecular weight is 397 g/mol. The first-order valence-corrected chi connectivity index (χ1v) is 10.2. The smallest absolute Gasteiger partial charge is 0.251 e. The molecule has 27 heavy (non-hydrogen) atoms. The van der Waals surface area contributed by atoms with Crippen LogP contribution in [0.3, 0.4) is 0 Å². The number of rotatable bonds is 5. The van der Waals surface area contributed by atoms with Crippen molar-refractivity contribution in [2.75, 3.05) is 32.8 Å². The quantitative estimate of drug-likeness (QED) is 0.759. The lowest BCUT2D eigenvalue weighted by Gasteiger charge is -2.26. The van der Waals surface area contributed by atoms with Crippen molar-refractivity contribution in [3.63, 3.8) is 0 Å². The normalized spacial score (nSPS) is 16.0. The van der Waals surface area contributed by atoms with Crippen molar-refractivity contribution < 1.29 is 22.7 Å². The van der Waals surface area contributed by atoms with Crippen molar-refractivity contribution in [3.05, 3.63) is 29.3 Å². The van der Waals surface area contributed by atoms with E-state index in [0.29, 0.717) is 18.8 Å². The van der Waals surface area contributed by atoms with Gasteiger partial charge in [0.1, 0.15) is 0 Å². The van der Waals surface area contributed by atoms with E-state index in [9.17, 15) is 18.0 Å². The first kappa shape index (κ1) is 21.3. The molecule has 1 aliphatic rings. The zero-order valence-corrected chi connectivity index (χ0v) is 17.0. The Kier molecular flexibility index (Phi) is 6.61. The van der Waals surface area contributed by atoms with E-state index >= 15 is 0 Å². The minimum Gasteiger partial charge on any atom is -0.379 e. The van der Waals surface area contributed by atoms with Crippen LogP contribution in [-0.4, -0.2) is 62.9 Å². The van der Waals surface area contributed by atoms with Gasteiger partial charge in [0, 0.05) is 24.2 Å². The van der Waals surface area contributed by atoms with Crippen molar-refractivity contribution in [1.29, 1.82) is 0 Å². The molecule has 0 spiro atoms. The lowest BCUT2D eigenvalue weighted by atomic mass is 10.1. The van der Waals surface area contributed by atoms with Crippen LogP contribution in [0.4, 0.5) is 0 Å². The van der Waals surface area contributed by atoms with E-state index in [1.165, 1.54) is 10.4 Å². The minimum absolute atomic E-state index is 0.0937. The van der Waals surface area contributed by atoms with Gasteiger partial charge in [-0.2, -0.15) is 4.31 Å². The van der Waals surface area contributed by atoms with Gasteiger partial charge < -0.3 is 15.4 Å². The highest BCUT2D eigenvalue weighted by Crippen LogP contribution is 2.22. The van der Waals surface area contributed by atoms with Crippen LogP contribution in [0.2, 0.25) is 0 Å². The molecule has 0 saturated carbocycles. The topological polar surface area (TPSA) is 105 Å². The molecular formula is C18H27N3O5S. The third-order valence-electron chi connectivity index (χ3n) is 3.96. The van der Waals surface area contributed by atoms with Crippen molar-refractivity contribution in [2.24, 2.45) is 0 Å². The lowest BCUT2D eigenvalue weighted by molar-refractivity contribution is -0.121. The van der Waals surface area contributed by atoms with Crippen LogP contribution in [-0.2, 0) is 19.6 Å². The number of sulfonamides is 1. The molecule has 1 fully saturated rings. The van der Waals surface area contributed by atoms with Crippen molar-refractivity contribution in [3.8, 4) is 0 Å². The maximum atomic E-state index is 12.9. The van der Waals surface area contributed by atoms with Crippen LogP contribution >= 0.6 is 0 Å². The Morgan fingerprint density at radius 3 is 2.41 bits per heavy atom. The second-order valence-electron chi connectivity index (χ2n) is 7.48. The summed E-state index contributed by atoms with van der Waals surface area (Å²) < 4.78 is 32.3. The highest BCUT2D eigenvalue weighted by atomic mass is 32.2. The van der Waals surface area contributed by atoms with E-state index in [0.717, 1.165) is 0 Å². The molecule has 0 radical (unpaired) electrons. The Labute approximate surface area is 160 Å². The van der Waals surface area contributed by atoms with E-state index in [2.05, 4.69) is 10.6 Å². The third-order valence-corrected chi connectivity index (χ3v) is 6.00.